The van der Waals surface area contributed by atoms with Crippen LogP contribution >= 0.6 is 0 Å². The fourth-order valence-corrected chi connectivity index (χ4v) is 3.05. The number of nitro benzene ring substituents is 1. The fraction of sp³-hybridized carbons (Fsp3) is 0.333. The maximum atomic E-state index is 11.3. The highest BCUT2D eigenvalue weighted by Crippen LogP contribution is 2.29. The molecule has 0 bridgehead atoms. The third kappa shape index (κ3) is 3.57. The van der Waals surface area contributed by atoms with Gasteiger partial charge in [-0.1, -0.05) is 42.0 Å². The van der Waals surface area contributed by atoms with E-state index in [4.69, 9.17) is 4.74 Å². The van der Waals surface area contributed by atoms with E-state index in [1.54, 1.807) is 12.1 Å². The Kier molecular flexibility index (Phi) is 4.69. The third-order valence-corrected chi connectivity index (χ3v) is 4.23. The first-order valence-corrected chi connectivity index (χ1v) is 7.76. The summed E-state index contributed by atoms with van der Waals surface area (Å²) in [5.41, 5.74) is 3.17. The summed E-state index contributed by atoms with van der Waals surface area (Å²) in [6.07, 6.45) is 0. The van der Waals surface area contributed by atoms with Crippen LogP contribution in [0.2, 0.25) is 0 Å². The van der Waals surface area contributed by atoms with Crippen molar-refractivity contribution in [3.8, 4) is 0 Å². The lowest BCUT2D eigenvalue weighted by atomic mass is 10.0. The number of nitrogens with zero attached hydrogens (tertiary/aromatic N) is 2. The van der Waals surface area contributed by atoms with Gasteiger partial charge in [0.15, 0.2) is 0 Å². The number of benzene rings is 2. The van der Waals surface area contributed by atoms with Gasteiger partial charge in [-0.25, -0.2) is 0 Å². The molecule has 0 aromatic heterocycles. The van der Waals surface area contributed by atoms with Crippen molar-refractivity contribution in [2.45, 2.75) is 19.5 Å². The molecule has 1 fully saturated rings. The second-order valence-electron chi connectivity index (χ2n) is 5.86. The summed E-state index contributed by atoms with van der Waals surface area (Å²) in [6.45, 7) is 4.55. The smallest absolute Gasteiger partial charge is 0.273 e. The Morgan fingerprint density at radius 1 is 1.26 bits per heavy atom. The van der Waals surface area contributed by atoms with E-state index in [-0.39, 0.29) is 16.7 Å². The molecule has 23 heavy (non-hydrogen) atoms. The number of nitro groups is 1. The molecule has 1 heterocycles. The summed E-state index contributed by atoms with van der Waals surface area (Å²) in [5.74, 6) is 0. The SMILES string of the molecule is Cc1ccc([N+](=O)[O-])c(CN2CCOCC2c2ccccc2)c1. The molecule has 2 aromatic rings. The van der Waals surface area contributed by atoms with E-state index in [0.29, 0.717) is 19.8 Å². The topological polar surface area (TPSA) is 55.6 Å². The number of morpholine rings is 1. The monoisotopic (exact) mass is 312 g/mol. The van der Waals surface area contributed by atoms with Crippen molar-refractivity contribution in [2.75, 3.05) is 19.8 Å². The van der Waals surface area contributed by atoms with Crippen LogP contribution < -0.4 is 0 Å². The Morgan fingerprint density at radius 2 is 2.04 bits per heavy atom. The van der Waals surface area contributed by atoms with Crippen molar-refractivity contribution in [1.82, 2.24) is 4.90 Å². The zero-order chi connectivity index (χ0) is 16.2. The molecule has 0 N–H and O–H groups in total. The Bertz CT molecular complexity index is 688. The highest BCUT2D eigenvalue weighted by Gasteiger charge is 2.26. The Hall–Kier alpha value is -2.24. The largest absolute Gasteiger partial charge is 0.378 e. The molecule has 1 aliphatic rings. The fourth-order valence-electron chi connectivity index (χ4n) is 3.05. The zero-order valence-corrected chi connectivity index (χ0v) is 13.1. The van der Waals surface area contributed by atoms with Crippen LogP contribution in [0.25, 0.3) is 0 Å². The van der Waals surface area contributed by atoms with Crippen LogP contribution in [0.5, 0.6) is 0 Å². The van der Waals surface area contributed by atoms with Crippen molar-refractivity contribution >= 4 is 5.69 Å². The first-order valence-electron chi connectivity index (χ1n) is 7.76. The molecule has 0 saturated carbocycles. The summed E-state index contributed by atoms with van der Waals surface area (Å²) in [4.78, 5) is 13.3. The van der Waals surface area contributed by atoms with E-state index in [1.165, 1.54) is 5.56 Å². The second kappa shape index (κ2) is 6.89. The van der Waals surface area contributed by atoms with E-state index in [1.807, 2.05) is 31.2 Å². The maximum absolute atomic E-state index is 11.3. The lowest BCUT2D eigenvalue weighted by Crippen LogP contribution is -2.39. The predicted octanol–water partition coefficient (Wildman–Crippen LogP) is 3.48. The average molecular weight is 312 g/mol. The Balaban J connectivity index is 1.88. The van der Waals surface area contributed by atoms with Gasteiger partial charge >= 0.3 is 0 Å². The van der Waals surface area contributed by atoms with Crippen molar-refractivity contribution < 1.29 is 9.66 Å². The van der Waals surface area contributed by atoms with Gasteiger partial charge in [-0.05, 0) is 18.6 Å². The van der Waals surface area contributed by atoms with Crippen molar-refractivity contribution in [3.63, 3.8) is 0 Å². The molecule has 1 saturated heterocycles. The lowest BCUT2D eigenvalue weighted by molar-refractivity contribution is -0.385. The Labute approximate surface area is 135 Å². The summed E-state index contributed by atoms with van der Waals surface area (Å²) in [7, 11) is 0. The van der Waals surface area contributed by atoms with Gasteiger partial charge in [0.05, 0.1) is 24.2 Å². The normalized spacial score (nSPS) is 18.7. The van der Waals surface area contributed by atoms with Crippen LogP contribution in [-0.4, -0.2) is 29.6 Å². The van der Waals surface area contributed by atoms with E-state index >= 15 is 0 Å². The Morgan fingerprint density at radius 3 is 2.78 bits per heavy atom. The van der Waals surface area contributed by atoms with Crippen molar-refractivity contribution in [3.05, 3.63) is 75.3 Å². The number of rotatable bonds is 4. The highest BCUT2D eigenvalue weighted by atomic mass is 16.6. The lowest BCUT2D eigenvalue weighted by Gasteiger charge is -2.35. The molecule has 2 aromatic carbocycles. The minimum Gasteiger partial charge on any atom is -0.378 e. The summed E-state index contributed by atoms with van der Waals surface area (Å²) < 4.78 is 5.63. The van der Waals surface area contributed by atoms with E-state index in [9.17, 15) is 10.1 Å². The van der Waals surface area contributed by atoms with Crippen LogP contribution in [0.4, 0.5) is 5.69 Å². The van der Waals surface area contributed by atoms with Crippen LogP contribution in [-0.2, 0) is 11.3 Å². The van der Waals surface area contributed by atoms with Crippen LogP contribution in [0, 0.1) is 17.0 Å². The molecule has 5 nitrogen and oxygen atoms in total. The van der Waals surface area contributed by atoms with Gasteiger partial charge in [0.25, 0.3) is 5.69 Å². The molecular formula is C18H20N2O3. The predicted molar refractivity (Wildman–Crippen MR) is 88.2 cm³/mol. The van der Waals surface area contributed by atoms with E-state index in [2.05, 4.69) is 17.0 Å². The second-order valence-corrected chi connectivity index (χ2v) is 5.86. The van der Waals surface area contributed by atoms with Gasteiger partial charge in [-0.2, -0.15) is 0 Å². The van der Waals surface area contributed by atoms with Gasteiger partial charge in [0.1, 0.15) is 0 Å². The molecule has 0 radical (unpaired) electrons. The third-order valence-electron chi connectivity index (χ3n) is 4.23. The molecule has 0 aliphatic carbocycles. The standard InChI is InChI=1S/C18H20N2O3/c1-14-7-8-17(20(21)22)16(11-14)12-19-9-10-23-13-18(19)15-5-3-2-4-6-15/h2-8,11,18H,9-10,12-13H2,1H3. The molecule has 1 unspecified atom stereocenters. The maximum Gasteiger partial charge on any atom is 0.273 e. The van der Waals surface area contributed by atoms with Gasteiger partial charge in [-0.15, -0.1) is 0 Å². The molecule has 0 spiro atoms. The first kappa shape index (κ1) is 15.6. The van der Waals surface area contributed by atoms with Gasteiger partial charge in [-0.3, -0.25) is 15.0 Å². The van der Waals surface area contributed by atoms with Crippen molar-refractivity contribution in [2.24, 2.45) is 0 Å². The van der Waals surface area contributed by atoms with Crippen LogP contribution in [0.1, 0.15) is 22.7 Å². The molecule has 1 aliphatic heterocycles. The van der Waals surface area contributed by atoms with Crippen molar-refractivity contribution in [1.29, 1.82) is 0 Å². The minimum absolute atomic E-state index is 0.130. The molecule has 0 amide bonds. The molecule has 120 valence electrons. The summed E-state index contributed by atoms with van der Waals surface area (Å²) in [6, 6.07) is 15.6. The average Bonchev–Trinajstić information content (AvgIpc) is 2.56. The number of hydrogen-bond acceptors (Lipinski definition) is 4. The molecule has 3 rings (SSSR count). The first-order chi connectivity index (χ1) is 11.1. The van der Waals surface area contributed by atoms with Crippen LogP contribution in [0.15, 0.2) is 48.5 Å². The number of hydrogen-bond donors (Lipinski definition) is 0. The summed E-state index contributed by atoms with van der Waals surface area (Å²) >= 11 is 0. The highest BCUT2D eigenvalue weighted by molar-refractivity contribution is 5.42. The van der Waals surface area contributed by atoms with Gasteiger partial charge < -0.3 is 4.74 Å². The molecule has 5 heteroatoms. The van der Waals surface area contributed by atoms with E-state index in [0.717, 1.165) is 17.7 Å². The van der Waals surface area contributed by atoms with E-state index < -0.39 is 0 Å². The minimum atomic E-state index is -0.299. The number of ether oxygens (including phenoxy) is 1. The van der Waals surface area contributed by atoms with Crippen LogP contribution in [0.3, 0.4) is 0 Å². The molecule has 1 atom stereocenters. The quantitative estimate of drug-likeness (QED) is 0.640. The van der Waals surface area contributed by atoms with Gasteiger partial charge in [0, 0.05) is 24.7 Å². The molecular weight excluding hydrogens is 292 g/mol. The zero-order valence-electron chi connectivity index (χ0n) is 13.1. The van der Waals surface area contributed by atoms with Gasteiger partial charge in [0.2, 0.25) is 0 Å². The number of aryl methyl sites for hydroxylation is 1. The summed E-state index contributed by atoms with van der Waals surface area (Å²) in [5, 5.41) is 11.3.